The molecule has 7 amide bonds. The molecule has 15 nitrogen and oxygen atoms in total. The van der Waals surface area contributed by atoms with Gasteiger partial charge in [0, 0.05) is 29.9 Å². The first-order valence-electron chi connectivity index (χ1n) is 14.8. The molecule has 1 fully saturated rings. The molecule has 2 aliphatic rings. The maximum absolute atomic E-state index is 13.3. The monoisotopic (exact) mass is 647 g/mol. The molecular weight excluding hydrogens is 604 g/mol. The van der Waals surface area contributed by atoms with Crippen LogP contribution in [0.3, 0.4) is 0 Å². The van der Waals surface area contributed by atoms with Crippen molar-refractivity contribution in [2.45, 2.75) is 49.9 Å². The summed E-state index contributed by atoms with van der Waals surface area (Å²) in [5.74, 6) is -2.91. The van der Waals surface area contributed by atoms with Gasteiger partial charge in [-0.1, -0.05) is 6.07 Å². The number of hydrogen-bond acceptors (Lipinski definition) is 8. The number of rotatable bonds is 2. The lowest BCUT2D eigenvalue weighted by Crippen LogP contribution is -2.49. The van der Waals surface area contributed by atoms with Crippen molar-refractivity contribution >= 4 is 57.9 Å². The average molecular weight is 648 g/mol. The van der Waals surface area contributed by atoms with E-state index in [0.29, 0.717) is 56.6 Å². The van der Waals surface area contributed by atoms with Crippen LogP contribution in [0.1, 0.15) is 48.0 Å². The van der Waals surface area contributed by atoms with E-state index in [-0.39, 0.29) is 34.8 Å². The van der Waals surface area contributed by atoms with Crippen LogP contribution < -0.4 is 37.6 Å². The smallest absolute Gasteiger partial charge is 0.252 e. The number of carbonyl (C=O) groups excluding carboxylic acids is 7. The summed E-state index contributed by atoms with van der Waals surface area (Å²) >= 11 is 0. The lowest BCUT2D eigenvalue weighted by molar-refractivity contribution is -0.137. The minimum Gasteiger partial charge on any atom is -0.355 e. The normalized spacial score (nSPS) is 22.3. The molecule has 0 aliphatic carbocycles. The Balaban J connectivity index is 1.76. The van der Waals surface area contributed by atoms with Crippen LogP contribution in [-0.2, 0) is 45.4 Å². The number of nitrogens with two attached hydrogens (primary N) is 1. The molecular formula is C29H43N8O7S+. The third-order valence-corrected chi connectivity index (χ3v) is 8.12. The molecule has 0 saturated carbocycles. The first kappa shape index (κ1) is 35.3. The second-order valence-corrected chi connectivity index (χ2v) is 13.4. The van der Waals surface area contributed by atoms with E-state index >= 15 is 0 Å². The molecule has 246 valence electrons. The number of benzene rings is 1. The van der Waals surface area contributed by atoms with E-state index in [2.05, 4.69) is 31.9 Å². The number of nitrogens with one attached hydrogen (secondary N) is 6. The summed E-state index contributed by atoms with van der Waals surface area (Å²) in [5, 5.41) is 15.1. The predicted octanol–water partition coefficient (Wildman–Crippen LogP) is -2.30. The van der Waals surface area contributed by atoms with Gasteiger partial charge in [-0.25, -0.2) is 0 Å². The van der Waals surface area contributed by atoms with Crippen LogP contribution in [-0.4, -0.2) is 110 Å². The van der Waals surface area contributed by atoms with Crippen molar-refractivity contribution in [3.8, 4) is 0 Å². The zero-order chi connectivity index (χ0) is 32.9. The average Bonchev–Trinajstić information content (AvgIpc) is 3.50. The summed E-state index contributed by atoms with van der Waals surface area (Å²) < 4.78 is 0. The van der Waals surface area contributed by atoms with Crippen molar-refractivity contribution in [1.82, 2.24) is 31.5 Å². The Labute approximate surface area is 264 Å². The highest BCUT2D eigenvalue weighted by Gasteiger charge is 2.36. The van der Waals surface area contributed by atoms with Crippen LogP contribution in [0.5, 0.6) is 0 Å². The first-order chi connectivity index (χ1) is 21.4. The number of fused-ring (bicyclic) bond motifs is 3. The summed E-state index contributed by atoms with van der Waals surface area (Å²) in [6, 6.07) is 3.48. The Kier molecular flexibility index (Phi) is 13.6. The van der Waals surface area contributed by atoms with Gasteiger partial charge in [-0.2, -0.15) is 0 Å². The standard InChI is InChI=1S/C29H42N8O7S/c1-45(2)17-18-8-9-19-12-20(18)27(42)35-16-26(41)34-15-25(40)33-14-24(39)32-13-23(38)31-10-4-3-6-21(30)29(44)37-11-5-7-22(37)28(43)36-19/h8-9,12,21-22H,3-7,10-11,13-17,30H2,1-2H3,(H5-,31,32,33,34,35,36,38,39,40,41,42,43)/p+1/t21-,22-/m0/s1. The van der Waals surface area contributed by atoms with Crippen LogP contribution in [0.15, 0.2) is 18.2 Å². The number of anilines is 1. The first-order valence-corrected chi connectivity index (χ1v) is 17.0. The number of nitrogens with zero attached hydrogens (tertiary/aromatic N) is 1. The third-order valence-electron chi connectivity index (χ3n) is 7.23. The van der Waals surface area contributed by atoms with Crippen molar-refractivity contribution in [2.24, 2.45) is 5.73 Å². The molecule has 2 atom stereocenters. The van der Waals surface area contributed by atoms with E-state index in [1.165, 1.54) is 4.90 Å². The maximum atomic E-state index is 13.3. The Morgan fingerprint density at radius 2 is 1.38 bits per heavy atom. The topological polar surface area (TPSA) is 221 Å². The maximum Gasteiger partial charge on any atom is 0.252 e. The lowest BCUT2D eigenvalue weighted by atomic mass is 10.1. The Morgan fingerprint density at radius 3 is 2.00 bits per heavy atom. The Hall–Kier alpha value is -4.18. The lowest BCUT2D eigenvalue weighted by Gasteiger charge is -2.27. The van der Waals surface area contributed by atoms with E-state index < -0.39 is 61.3 Å². The van der Waals surface area contributed by atoms with Gasteiger partial charge in [0.1, 0.15) is 11.8 Å². The van der Waals surface area contributed by atoms with E-state index in [1.807, 2.05) is 12.5 Å². The highest BCUT2D eigenvalue weighted by atomic mass is 32.2. The summed E-state index contributed by atoms with van der Waals surface area (Å²) in [6.07, 6.45) is 6.64. The molecule has 0 unspecified atom stereocenters. The number of hydrogen-bond donors (Lipinski definition) is 7. The molecule has 0 radical (unpaired) electrons. The van der Waals surface area contributed by atoms with Gasteiger partial charge in [-0.3, -0.25) is 33.6 Å². The second-order valence-electron chi connectivity index (χ2n) is 11.1. The summed E-state index contributed by atoms with van der Waals surface area (Å²) in [4.78, 5) is 89.5. The number of carbonyl (C=O) groups is 7. The van der Waals surface area contributed by atoms with Crippen molar-refractivity contribution in [3.63, 3.8) is 0 Å². The summed E-state index contributed by atoms with van der Waals surface area (Å²) in [7, 11) is -0.0528. The zero-order valence-electron chi connectivity index (χ0n) is 25.7. The van der Waals surface area contributed by atoms with Gasteiger partial charge < -0.3 is 42.5 Å². The molecule has 1 saturated heterocycles. The predicted molar refractivity (Wildman–Crippen MR) is 169 cm³/mol. The number of amides is 7. The van der Waals surface area contributed by atoms with Crippen molar-refractivity contribution in [3.05, 3.63) is 29.3 Å². The highest BCUT2D eigenvalue weighted by Crippen LogP contribution is 2.23. The van der Waals surface area contributed by atoms with Crippen molar-refractivity contribution in [1.29, 1.82) is 0 Å². The van der Waals surface area contributed by atoms with Gasteiger partial charge in [0.2, 0.25) is 35.4 Å². The van der Waals surface area contributed by atoms with Gasteiger partial charge in [-0.15, -0.1) is 0 Å². The zero-order valence-corrected chi connectivity index (χ0v) is 26.5. The second kappa shape index (κ2) is 17.3. The van der Waals surface area contributed by atoms with E-state index in [1.54, 1.807) is 18.2 Å². The molecule has 2 bridgehead atoms. The molecule has 3 rings (SSSR count). The van der Waals surface area contributed by atoms with E-state index in [9.17, 15) is 33.6 Å². The SMILES string of the molecule is C[S+](C)Cc1ccc2cc1C(=O)NCC(=O)NCC(=O)NCC(=O)NCC(=O)NCCCC[C@H](N)C(=O)N1CCC[C@H]1C(=O)N2. The van der Waals surface area contributed by atoms with Crippen molar-refractivity contribution in [2.75, 3.05) is 57.1 Å². The Morgan fingerprint density at radius 1 is 0.778 bits per heavy atom. The Bertz CT molecular complexity index is 1290. The molecule has 2 aliphatic heterocycles. The van der Waals surface area contributed by atoms with Gasteiger partial charge in [-0.05, 0) is 55.1 Å². The van der Waals surface area contributed by atoms with E-state index in [4.69, 9.17) is 5.73 Å². The van der Waals surface area contributed by atoms with Gasteiger partial charge in [0.15, 0.2) is 0 Å². The fourth-order valence-electron chi connectivity index (χ4n) is 4.93. The molecule has 45 heavy (non-hydrogen) atoms. The molecule has 2 heterocycles. The largest absolute Gasteiger partial charge is 0.355 e. The van der Waals surface area contributed by atoms with E-state index in [0.717, 1.165) is 5.56 Å². The van der Waals surface area contributed by atoms with Crippen molar-refractivity contribution < 1.29 is 33.6 Å². The molecule has 0 aromatic heterocycles. The molecule has 1 aromatic carbocycles. The summed E-state index contributed by atoms with van der Waals surface area (Å²) in [6.45, 7) is -0.804. The highest BCUT2D eigenvalue weighted by molar-refractivity contribution is 7.94. The van der Waals surface area contributed by atoms with Crippen LogP contribution in [0.4, 0.5) is 5.69 Å². The molecule has 0 spiro atoms. The van der Waals surface area contributed by atoms with Gasteiger partial charge in [0.05, 0.1) is 44.7 Å². The fourth-order valence-corrected chi connectivity index (χ4v) is 5.80. The fraction of sp³-hybridized carbons (Fsp3) is 0.552. The van der Waals surface area contributed by atoms with Crippen LogP contribution in [0.25, 0.3) is 0 Å². The minimum atomic E-state index is -0.810. The molecule has 16 heteroatoms. The summed E-state index contributed by atoms with van der Waals surface area (Å²) in [5.41, 5.74) is 7.58. The van der Waals surface area contributed by atoms with Crippen LogP contribution >= 0.6 is 0 Å². The minimum absolute atomic E-state index is 0.0528. The quantitative estimate of drug-likeness (QED) is 0.173. The third kappa shape index (κ3) is 11.4. The van der Waals surface area contributed by atoms with Gasteiger partial charge in [0.25, 0.3) is 5.91 Å². The van der Waals surface area contributed by atoms with Crippen LogP contribution in [0, 0.1) is 0 Å². The van der Waals surface area contributed by atoms with Gasteiger partial charge >= 0.3 is 0 Å². The molecule has 1 aromatic rings. The molecule has 8 N–H and O–H groups in total. The van der Waals surface area contributed by atoms with Crippen LogP contribution in [0.2, 0.25) is 0 Å².